The van der Waals surface area contributed by atoms with Crippen molar-refractivity contribution in [3.8, 4) is 0 Å². The van der Waals surface area contributed by atoms with Crippen LogP contribution >= 0.6 is 0 Å². The topological polar surface area (TPSA) is 0 Å². The summed E-state index contributed by atoms with van der Waals surface area (Å²) in [6.45, 7) is 2.31. The van der Waals surface area contributed by atoms with E-state index in [0.29, 0.717) is 0 Å². The molecular formula is C10H13Cl2Zr. The first-order valence-electron chi connectivity index (χ1n) is 4.09. The molecule has 0 heterocycles. The Morgan fingerprint density at radius 2 is 2.08 bits per heavy atom. The van der Waals surface area contributed by atoms with E-state index in [2.05, 4.69) is 31.6 Å². The summed E-state index contributed by atoms with van der Waals surface area (Å²) in [6.07, 6.45) is 11.8. The number of hydrogen-bond acceptors (Lipinski definition) is 0. The van der Waals surface area contributed by atoms with Crippen molar-refractivity contribution in [1.29, 1.82) is 0 Å². The quantitative estimate of drug-likeness (QED) is 0.412. The summed E-state index contributed by atoms with van der Waals surface area (Å²) in [7, 11) is 0. The first-order valence-corrected chi connectivity index (χ1v) is 4.09. The standard InChI is InChI=1S/C10H13.2ClH.Zr/c1-8-4-2-5-9-6-3-7-10(8)9;;;/h2,4-6,8,10H,3,7H2,1H3;2*1H;/q-1;;;+3/p-2. The Bertz CT molecular complexity index is 199. The maximum Gasteiger partial charge on any atom is 3.00 e. The molecule has 71 valence electrons. The normalized spacial score (nSPS) is 28.2. The Morgan fingerprint density at radius 1 is 1.38 bits per heavy atom. The van der Waals surface area contributed by atoms with Gasteiger partial charge in [0.1, 0.15) is 0 Å². The second-order valence-electron chi connectivity index (χ2n) is 3.30. The molecule has 3 heteroatoms. The number of hydrogen-bond donors (Lipinski definition) is 0. The van der Waals surface area contributed by atoms with Crippen molar-refractivity contribution in [2.75, 3.05) is 0 Å². The molecule has 2 unspecified atom stereocenters. The van der Waals surface area contributed by atoms with Crippen LogP contribution in [-0.2, 0) is 26.2 Å². The van der Waals surface area contributed by atoms with Gasteiger partial charge in [-0.3, -0.25) is 0 Å². The fraction of sp³-hybridized carbons (Fsp3) is 0.500. The van der Waals surface area contributed by atoms with Gasteiger partial charge in [-0.1, -0.05) is 19.4 Å². The molecule has 0 nitrogen and oxygen atoms in total. The molecule has 0 N–H and O–H groups in total. The molecule has 0 bridgehead atoms. The van der Waals surface area contributed by atoms with Crippen LogP contribution in [0.2, 0.25) is 0 Å². The third-order valence-electron chi connectivity index (χ3n) is 2.62. The monoisotopic (exact) mass is 293 g/mol. The minimum absolute atomic E-state index is 0. The van der Waals surface area contributed by atoms with E-state index in [1.54, 1.807) is 5.57 Å². The minimum Gasteiger partial charge on any atom is -1.00 e. The van der Waals surface area contributed by atoms with Crippen molar-refractivity contribution in [3.05, 3.63) is 30.2 Å². The summed E-state index contributed by atoms with van der Waals surface area (Å²) in [5, 5.41) is 0. The van der Waals surface area contributed by atoms with Crippen LogP contribution in [0, 0.1) is 18.3 Å². The second-order valence-corrected chi connectivity index (χ2v) is 3.30. The summed E-state index contributed by atoms with van der Waals surface area (Å²) < 4.78 is 0. The van der Waals surface area contributed by atoms with E-state index in [9.17, 15) is 0 Å². The van der Waals surface area contributed by atoms with Gasteiger partial charge in [0.15, 0.2) is 0 Å². The Hall–Kier alpha value is 0.813. The van der Waals surface area contributed by atoms with Gasteiger partial charge in [-0.15, -0.1) is 12.5 Å². The molecule has 1 radical (unpaired) electrons. The Labute approximate surface area is 112 Å². The van der Waals surface area contributed by atoms with Gasteiger partial charge in [-0.05, 0) is 11.8 Å². The van der Waals surface area contributed by atoms with Gasteiger partial charge in [-0.25, -0.2) is 18.1 Å². The van der Waals surface area contributed by atoms with E-state index in [0.717, 1.165) is 11.8 Å². The van der Waals surface area contributed by atoms with Crippen LogP contribution in [0.1, 0.15) is 19.8 Å². The van der Waals surface area contributed by atoms with Gasteiger partial charge < -0.3 is 24.8 Å². The Balaban J connectivity index is 0. The first-order chi connectivity index (χ1) is 4.88. The molecule has 0 saturated heterocycles. The molecule has 1 saturated carbocycles. The largest absolute Gasteiger partial charge is 3.00 e. The van der Waals surface area contributed by atoms with Gasteiger partial charge in [0.25, 0.3) is 0 Å². The third kappa shape index (κ3) is 3.46. The average molecular weight is 295 g/mol. The van der Waals surface area contributed by atoms with E-state index in [4.69, 9.17) is 0 Å². The number of halogens is 2. The number of fused-ring (bicyclic) bond motifs is 1. The Morgan fingerprint density at radius 3 is 2.69 bits per heavy atom. The number of allylic oxidation sites excluding steroid dienone is 4. The summed E-state index contributed by atoms with van der Waals surface area (Å²) in [5.74, 6) is 1.63. The van der Waals surface area contributed by atoms with Crippen LogP contribution in [0.3, 0.4) is 0 Å². The summed E-state index contributed by atoms with van der Waals surface area (Å²) in [6, 6.07) is 0. The third-order valence-corrected chi connectivity index (χ3v) is 2.62. The SMILES string of the molecule is CC1C=CC=C2[CH-]CCC21.[Cl-].[Cl-].[Zr+3]. The average Bonchev–Trinajstić information content (AvgIpc) is 2.36. The molecule has 0 aromatic heterocycles. The minimum atomic E-state index is 0. The molecule has 1 fully saturated rings. The van der Waals surface area contributed by atoms with E-state index in [1.807, 2.05) is 0 Å². The van der Waals surface area contributed by atoms with Gasteiger partial charge in [-0.2, -0.15) is 0 Å². The molecule has 0 aromatic carbocycles. The van der Waals surface area contributed by atoms with E-state index in [-0.39, 0.29) is 51.0 Å². The van der Waals surface area contributed by atoms with Gasteiger partial charge in [0.05, 0.1) is 0 Å². The van der Waals surface area contributed by atoms with E-state index < -0.39 is 0 Å². The molecule has 2 rings (SSSR count). The summed E-state index contributed by atoms with van der Waals surface area (Å²) in [4.78, 5) is 0. The van der Waals surface area contributed by atoms with Crippen LogP contribution in [0.25, 0.3) is 0 Å². The Kier molecular flexibility index (Phi) is 8.94. The molecular weight excluding hydrogens is 282 g/mol. The molecule has 2 aliphatic carbocycles. The van der Waals surface area contributed by atoms with Crippen molar-refractivity contribution in [2.24, 2.45) is 11.8 Å². The summed E-state index contributed by atoms with van der Waals surface area (Å²) in [5.41, 5.74) is 1.58. The van der Waals surface area contributed by atoms with Crippen LogP contribution < -0.4 is 24.8 Å². The molecule has 2 aliphatic rings. The molecule has 2 atom stereocenters. The van der Waals surface area contributed by atoms with Crippen LogP contribution in [0.15, 0.2) is 23.8 Å². The molecule has 13 heavy (non-hydrogen) atoms. The van der Waals surface area contributed by atoms with Gasteiger partial charge in [0, 0.05) is 0 Å². The molecule has 0 aromatic rings. The van der Waals surface area contributed by atoms with Crippen LogP contribution in [0.4, 0.5) is 0 Å². The predicted octanol–water partition coefficient (Wildman–Crippen LogP) is -3.26. The predicted molar refractivity (Wildman–Crippen MR) is 43.4 cm³/mol. The van der Waals surface area contributed by atoms with Gasteiger partial charge in [0.2, 0.25) is 0 Å². The molecule has 0 amide bonds. The van der Waals surface area contributed by atoms with Crippen molar-refractivity contribution < 1.29 is 51.0 Å². The van der Waals surface area contributed by atoms with Crippen molar-refractivity contribution in [2.45, 2.75) is 19.8 Å². The van der Waals surface area contributed by atoms with Crippen LogP contribution in [0.5, 0.6) is 0 Å². The van der Waals surface area contributed by atoms with Gasteiger partial charge >= 0.3 is 26.2 Å². The second kappa shape index (κ2) is 7.15. The fourth-order valence-electron chi connectivity index (χ4n) is 1.98. The zero-order valence-corrected chi connectivity index (χ0v) is 11.6. The summed E-state index contributed by atoms with van der Waals surface area (Å²) >= 11 is 0. The van der Waals surface area contributed by atoms with Crippen molar-refractivity contribution >= 4 is 0 Å². The number of rotatable bonds is 0. The van der Waals surface area contributed by atoms with Crippen molar-refractivity contribution in [1.82, 2.24) is 0 Å². The zero-order chi connectivity index (χ0) is 6.97. The fourth-order valence-corrected chi connectivity index (χ4v) is 1.98. The maximum absolute atomic E-state index is 2.38. The molecule has 0 spiro atoms. The van der Waals surface area contributed by atoms with Crippen molar-refractivity contribution in [3.63, 3.8) is 0 Å². The zero-order valence-electron chi connectivity index (χ0n) is 7.63. The smallest absolute Gasteiger partial charge is 1.00 e. The maximum atomic E-state index is 2.38. The van der Waals surface area contributed by atoms with Crippen LogP contribution in [-0.4, -0.2) is 0 Å². The van der Waals surface area contributed by atoms with E-state index >= 15 is 0 Å². The van der Waals surface area contributed by atoms with E-state index in [1.165, 1.54) is 12.8 Å². The first kappa shape index (κ1) is 16.3. The molecule has 0 aliphatic heterocycles.